The molecule has 0 aliphatic rings. The Morgan fingerprint density at radius 1 is 1.21 bits per heavy atom. The van der Waals surface area contributed by atoms with Crippen LogP contribution in [0.5, 0.6) is 0 Å². The van der Waals surface area contributed by atoms with Crippen LogP contribution in [0.25, 0.3) is 0 Å². The van der Waals surface area contributed by atoms with Crippen LogP contribution in [0.15, 0.2) is 35.3 Å². The van der Waals surface area contributed by atoms with E-state index < -0.39 is 0 Å². The van der Waals surface area contributed by atoms with Gasteiger partial charge in [0.1, 0.15) is 0 Å². The van der Waals surface area contributed by atoms with Crippen LogP contribution in [0.1, 0.15) is 5.56 Å². The molecule has 4 nitrogen and oxygen atoms in total. The van der Waals surface area contributed by atoms with E-state index in [1.165, 1.54) is 5.56 Å². The minimum atomic E-state index is 0.654. The van der Waals surface area contributed by atoms with Crippen molar-refractivity contribution in [3.05, 3.63) is 35.9 Å². The Morgan fingerprint density at radius 3 is 2.63 bits per heavy atom. The number of benzene rings is 1. The lowest BCUT2D eigenvalue weighted by atomic mass is 10.2. The van der Waals surface area contributed by atoms with Crippen molar-refractivity contribution in [1.29, 1.82) is 0 Å². The molecule has 19 heavy (non-hydrogen) atoms. The molecule has 0 radical (unpaired) electrons. The van der Waals surface area contributed by atoms with E-state index in [1.54, 1.807) is 7.05 Å². The number of aliphatic imine (C=N–C) groups is 1. The van der Waals surface area contributed by atoms with Crippen molar-refractivity contribution in [2.24, 2.45) is 4.99 Å². The lowest BCUT2D eigenvalue weighted by Gasteiger charge is -2.11. The monoisotopic (exact) mass is 281 g/mol. The van der Waals surface area contributed by atoms with Crippen LogP contribution in [0, 0.1) is 0 Å². The molecule has 0 aliphatic heterocycles. The highest BCUT2D eigenvalue weighted by molar-refractivity contribution is 7.98. The van der Waals surface area contributed by atoms with Crippen molar-refractivity contribution >= 4 is 17.7 Å². The maximum atomic E-state index is 5.59. The van der Waals surface area contributed by atoms with E-state index in [-0.39, 0.29) is 0 Å². The third-order valence-corrected chi connectivity index (χ3v) is 3.09. The van der Waals surface area contributed by atoms with Gasteiger partial charge in [0.15, 0.2) is 5.96 Å². The van der Waals surface area contributed by atoms with Gasteiger partial charge in [-0.2, -0.15) is 11.8 Å². The molecule has 0 amide bonds. The third kappa shape index (κ3) is 7.74. The molecule has 0 aromatic heterocycles. The van der Waals surface area contributed by atoms with Gasteiger partial charge in [0.2, 0.25) is 0 Å². The van der Waals surface area contributed by atoms with Crippen molar-refractivity contribution in [3.63, 3.8) is 0 Å². The fourth-order valence-corrected chi connectivity index (χ4v) is 1.80. The topological polar surface area (TPSA) is 45.7 Å². The van der Waals surface area contributed by atoms with Crippen LogP contribution < -0.4 is 10.6 Å². The first kappa shape index (κ1) is 15.9. The molecule has 0 saturated carbocycles. The number of rotatable bonds is 8. The summed E-state index contributed by atoms with van der Waals surface area (Å²) in [5.74, 6) is 1.91. The normalized spacial score (nSPS) is 11.4. The predicted octanol–water partition coefficient (Wildman–Crippen LogP) is 1.73. The highest BCUT2D eigenvalue weighted by Gasteiger charge is 1.96. The summed E-state index contributed by atoms with van der Waals surface area (Å²) in [6.45, 7) is 3.00. The number of nitrogens with one attached hydrogen (secondary N) is 2. The lowest BCUT2D eigenvalue weighted by molar-refractivity contribution is 0.125. The SMILES string of the molecule is CN=C(NCCOCc1ccccc1)NCCSC. The Hall–Kier alpha value is -1.20. The van der Waals surface area contributed by atoms with Gasteiger partial charge in [-0.15, -0.1) is 0 Å². The minimum absolute atomic E-state index is 0.654. The fourth-order valence-electron chi connectivity index (χ4n) is 1.50. The lowest BCUT2D eigenvalue weighted by Crippen LogP contribution is -2.39. The van der Waals surface area contributed by atoms with Gasteiger partial charge in [-0.3, -0.25) is 4.99 Å². The van der Waals surface area contributed by atoms with Crippen molar-refractivity contribution in [3.8, 4) is 0 Å². The van der Waals surface area contributed by atoms with E-state index in [1.807, 2.05) is 30.0 Å². The highest BCUT2D eigenvalue weighted by Crippen LogP contribution is 1.99. The number of hydrogen-bond donors (Lipinski definition) is 2. The summed E-state index contributed by atoms with van der Waals surface area (Å²) in [5, 5.41) is 6.46. The van der Waals surface area contributed by atoms with Gasteiger partial charge in [-0.05, 0) is 11.8 Å². The number of thioether (sulfide) groups is 1. The summed E-state index contributed by atoms with van der Waals surface area (Å²) in [4.78, 5) is 4.15. The van der Waals surface area contributed by atoms with E-state index in [4.69, 9.17) is 4.74 Å². The number of ether oxygens (including phenoxy) is 1. The molecule has 0 fully saturated rings. The molecule has 0 aliphatic carbocycles. The van der Waals surface area contributed by atoms with Crippen molar-refractivity contribution < 1.29 is 4.74 Å². The number of hydrogen-bond acceptors (Lipinski definition) is 3. The van der Waals surface area contributed by atoms with Gasteiger partial charge in [0.25, 0.3) is 0 Å². The second-order valence-electron chi connectivity index (χ2n) is 3.96. The zero-order chi connectivity index (χ0) is 13.8. The summed E-state index contributed by atoms with van der Waals surface area (Å²) in [5.41, 5.74) is 1.20. The van der Waals surface area contributed by atoms with Gasteiger partial charge in [0, 0.05) is 25.9 Å². The van der Waals surface area contributed by atoms with Gasteiger partial charge in [0.05, 0.1) is 13.2 Å². The van der Waals surface area contributed by atoms with Crippen LogP contribution in [-0.2, 0) is 11.3 Å². The molecule has 0 spiro atoms. The molecule has 0 unspecified atom stereocenters. The predicted molar refractivity (Wildman–Crippen MR) is 83.8 cm³/mol. The average molecular weight is 281 g/mol. The Bertz CT molecular complexity index is 357. The van der Waals surface area contributed by atoms with E-state index in [0.29, 0.717) is 13.2 Å². The molecule has 0 bridgehead atoms. The number of guanidine groups is 1. The molecule has 2 N–H and O–H groups in total. The maximum absolute atomic E-state index is 5.59. The molecular weight excluding hydrogens is 258 g/mol. The van der Waals surface area contributed by atoms with Crippen LogP contribution >= 0.6 is 11.8 Å². The van der Waals surface area contributed by atoms with Gasteiger partial charge in [-0.25, -0.2) is 0 Å². The minimum Gasteiger partial charge on any atom is -0.375 e. The average Bonchev–Trinajstić information content (AvgIpc) is 2.46. The van der Waals surface area contributed by atoms with Gasteiger partial charge in [-0.1, -0.05) is 30.3 Å². The largest absolute Gasteiger partial charge is 0.375 e. The van der Waals surface area contributed by atoms with E-state index in [2.05, 4.69) is 34.0 Å². The quantitative estimate of drug-likeness (QED) is 0.433. The van der Waals surface area contributed by atoms with Crippen LogP contribution in [0.4, 0.5) is 0 Å². The smallest absolute Gasteiger partial charge is 0.191 e. The zero-order valence-corrected chi connectivity index (χ0v) is 12.5. The fraction of sp³-hybridized carbons (Fsp3) is 0.500. The zero-order valence-electron chi connectivity index (χ0n) is 11.7. The Balaban J connectivity index is 2.06. The maximum Gasteiger partial charge on any atom is 0.191 e. The Kier molecular flexibility index (Phi) is 8.93. The molecule has 0 saturated heterocycles. The second-order valence-corrected chi connectivity index (χ2v) is 4.94. The van der Waals surface area contributed by atoms with E-state index in [9.17, 15) is 0 Å². The molecule has 1 aromatic rings. The standard InChI is InChI=1S/C14H23N3OS/c1-15-14(17-9-11-19-2)16-8-10-18-12-13-6-4-3-5-7-13/h3-7H,8-12H2,1-2H3,(H2,15,16,17). The summed E-state index contributed by atoms with van der Waals surface area (Å²) in [6, 6.07) is 10.2. The van der Waals surface area contributed by atoms with Crippen LogP contribution in [0.3, 0.4) is 0 Å². The van der Waals surface area contributed by atoms with E-state index in [0.717, 1.165) is 24.8 Å². The third-order valence-electron chi connectivity index (χ3n) is 2.47. The number of nitrogens with zero attached hydrogens (tertiary/aromatic N) is 1. The molecule has 1 rings (SSSR count). The molecule has 1 aromatic carbocycles. The van der Waals surface area contributed by atoms with E-state index >= 15 is 0 Å². The molecule has 0 atom stereocenters. The highest BCUT2D eigenvalue weighted by atomic mass is 32.2. The Morgan fingerprint density at radius 2 is 1.95 bits per heavy atom. The summed E-state index contributed by atoms with van der Waals surface area (Å²) >= 11 is 1.81. The first-order chi connectivity index (χ1) is 9.36. The summed E-state index contributed by atoms with van der Waals surface area (Å²) in [6.07, 6.45) is 2.09. The van der Waals surface area contributed by atoms with Gasteiger partial charge >= 0.3 is 0 Å². The van der Waals surface area contributed by atoms with Crippen molar-refractivity contribution in [2.45, 2.75) is 6.61 Å². The van der Waals surface area contributed by atoms with Crippen molar-refractivity contribution in [2.75, 3.05) is 38.8 Å². The van der Waals surface area contributed by atoms with Gasteiger partial charge < -0.3 is 15.4 Å². The first-order valence-corrected chi connectivity index (χ1v) is 7.81. The first-order valence-electron chi connectivity index (χ1n) is 6.42. The molecular formula is C14H23N3OS. The van der Waals surface area contributed by atoms with Crippen LogP contribution in [0.2, 0.25) is 0 Å². The molecule has 106 valence electrons. The van der Waals surface area contributed by atoms with Crippen molar-refractivity contribution in [1.82, 2.24) is 10.6 Å². The second kappa shape index (κ2) is 10.7. The molecule has 0 heterocycles. The Labute approximate surface area is 120 Å². The molecule has 5 heteroatoms. The summed E-state index contributed by atoms with van der Waals surface area (Å²) in [7, 11) is 1.78. The van der Waals surface area contributed by atoms with Crippen LogP contribution in [-0.4, -0.2) is 44.7 Å². The summed E-state index contributed by atoms with van der Waals surface area (Å²) < 4.78 is 5.59.